The normalized spacial score (nSPS) is 12.5. The Hall–Kier alpha value is -2.54. The van der Waals surface area contributed by atoms with Crippen molar-refractivity contribution in [3.8, 4) is 5.75 Å². The van der Waals surface area contributed by atoms with Crippen LogP contribution in [0.25, 0.3) is 0 Å². The van der Waals surface area contributed by atoms with Crippen LogP contribution in [0.2, 0.25) is 0 Å². The largest absolute Gasteiger partial charge is 0.497 e. The number of halogens is 3. The lowest BCUT2D eigenvalue weighted by Gasteiger charge is -2.22. The zero-order valence-electron chi connectivity index (χ0n) is 12.9. The summed E-state index contributed by atoms with van der Waals surface area (Å²) in [5.74, 6) is -0.0628. The molecule has 2 aromatic carbocycles. The SMILES string of the molecule is COc1ccc(C[C@@H](NNC(=O)c2ccccc2)C(F)(F)F)cc1. The maximum atomic E-state index is 13.2. The van der Waals surface area contributed by atoms with Gasteiger partial charge < -0.3 is 4.74 Å². The van der Waals surface area contributed by atoms with Gasteiger partial charge in [0.2, 0.25) is 0 Å². The van der Waals surface area contributed by atoms with Gasteiger partial charge in [-0.3, -0.25) is 10.2 Å². The predicted molar refractivity (Wildman–Crippen MR) is 83.6 cm³/mol. The minimum absolute atomic E-state index is 0.273. The summed E-state index contributed by atoms with van der Waals surface area (Å²) in [6, 6.07) is 12.4. The van der Waals surface area contributed by atoms with Crippen molar-refractivity contribution in [3.63, 3.8) is 0 Å². The molecule has 1 atom stereocenters. The van der Waals surface area contributed by atoms with Crippen molar-refractivity contribution < 1.29 is 22.7 Å². The van der Waals surface area contributed by atoms with Crippen LogP contribution >= 0.6 is 0 Å². The third kappa shape index (κ3) is 4.99. The third-order valence-corrected chi connectivity index (χ3v) is 3.39. The first-order valence-corrected chi connectivity index (χ1v) is 7.20. The highest BCUT2D eigenvalue weighted by molar-refractivity contribution is 5.93. The second-order valence-corrected chi connectivity index (χ2v) is 5.11. The standard InChI is InChI=1S/C17H17F3N2O2/c1-24-14-9-7-12(8-10-14)11-15(17(18,19)20)21-22-16(23)13-5-3-2-4-6-13/h2-10,15,21H,11H2,1H3,(H,22,23)/t15-/m1/s1. The van der Waals surface area contributed by atoms with Crippen LogP contribution in [0.1, 0.15) is 15.9 Å². The predicted octanol–water partition coefficient (Wildman–Crippen LogP) is 3.10. The molecule has 0 saturated carbocycles. The highest BCUT2D eigenvalue weighted by atomic mass is 19.4. The van der Waals surface area contributed by atoms with Gasteiger partial charge in [0.15, 0.2) is 0 Å². The smallest absolute Gasteiger partial charge is 0.405 e. The van der Waals surface area contributed by atoms with E-state index in [-0.39, 0.29) is 12.0 Å². The molecule has 0 bridgehead atoms. The molecule has 0 aromatic heterocycles. The number of rotatable bonds is 6. The van der Waals surface area contributed by atoms with Gasteiger partial charge in [0.05, 0.1) is 7.11 Å². The van der Waals surface area contributed by atoms with E-state index in [0.29, 0.717) is 11.3 Å². The number of amides is 1. The number of hydrazine groups is 1. The van der Waals surface area contributed by atoms with Crippen LogP contribution in [0.15, 0.2) is 54.6 Å². The molecule has 0 heterocycles. The third-order valence-electron chi connectivity index (χ3n) is 3.39. The van der Waals surface area contributed by atoms with Gasteiger partial charge in [-0.15, -0.1) is 0 Å². The number of alkyl halides is 3. The second-order valence-electron chi connectivity index (χ2n) is 5.11. The van der Waals surface area contributed by atoms with Crippen LogP contribution < -0.4 is 15.6 Å². The fourth-order valence-electron chi connectivity index (χ4n) is 2.06. The number of hydrogen-bond acceptors (Lipinski definition) is 3. The number of benzene rings is 2. The van der Waals surface area contributed by atoms with Crippen LogP contribution in [0.5, 0.6) is 5.75 Å². The maximum absolute atomic E-state index is 13.2. The molecular formula is C17H17F3N2O2. The Balaban J connectivity index is 2.02. The van der Waals surface area contributed by atoms with Crippen molar-refractivity contribution in [2.45, 2.75) is 18.6 Å². The Morgan fingerprint density at radius 3 is 2.25 bits per heavy atom. The molecule has 128 valence electrons. The van der Waals surface area contributed by atoms with Gasteiger partial charge in [-0.1, -0.05) is 30.3 Å². The minimum atomic E-state index is -4.51. The van der Waals surface area contributed by atoms with Crippen LogP contribution in [0.4, 0.5) is 13.2 Å². The van der Waals surface area contributed by atoms with E-state index in [2.05, 4.69) is 10.9 Å². The molecular weight excluding hydrogens is 321 g/mol. The monoisotopic (exact) mass is 338 g/mol. The summed E-state index contributed by atoms with van der Waals surface area (Å²) in [6.45, 7) is 0. The van der Waals surface area contributed by atoms with Crippen molar-refractivity contribution >= 4 is 5.91 Å². The first-order chi connectivity index (χ1) is 11.4. The van der Waals surface area contributed by atoms with Crippen LogP contribution in [0.3, 0.4) is 0 Å². The molecule has 0 unspecified atom stereocenters. The van der Waals surface area contributed by atoms with E-state index >= 15 is 0 Å². The highest BCUT2D eigenvalue weighted by Gasteiger charge is 2.39. The first kappa shape index (κ1) is 17.8. The molecule has 24 heavy (non-hydrogen) atoms. The summed E-state index contributed by atoms with van der Waals surface area (Å²) in [5, 5.41) is 0. The van der Waals surface area contributed by atoms with Gasteiger partial charge in [-0.25, -0.2) is 5.43 Å². The average molecular weight is 338 g/mol. The lowest BCUT2D eigenvalue weighted by molar-refractivity contribution is -0.157. The van der Waals surface area contributed by atoms with E-state index in [9.17, 15) is 18.0 Å². The zero-order valence-corrected chi connectivity index (χ0v) is 12.9. The van der Waals surface area contributed by atoms with Gasteiger partial charge in [-0.2, -0.15) is 13.2 Å². The summed E-state index contributed by atoms with van der Waals surface area (Å²) in [5.41, 5.74) is 4.94. The molecule has 1 amide bonds. The van der Waals surface area contributed by atoms with Gasteiger partial charge in [-0.05, 0) is 36.2 Å². The zero-order chi connectivity index (χ0) is 17.6. The molecule has 4 nitrogen and oxygen atoms in total. The van der Waals surface area contributed by atoms with E-state index in [1.54, 1.807) is 42.5 Å². The molecule has 2 aromatic rings. The fourth-order valence-corrected chi connectivity index (χ4v) is 2.06. The molecule has 7 heteroatoms. The fraction of sp³-hybridized carbons (Fsp3) is 0.235. The average Bonchev–Trinajstić information content (AvgIpc) is 2.58. The Morgan fingerprint density at radius 2 is 1.71 bits per heavy atom. The Labute approximate surface area is 137 Å². The van der Waals surface area contributed by atoms with Gasteiger partial charge in [0.1, 0.15) is 11.8 Å². The summed E-state index contributed by atoms with van der Waals surface area (Å²) < 4.78 is 44.5. The number of methoxy groups -OCH3 is 1. The van der Waals surface area contributed by atoms with Crippen molar-refractivity contribution in [1.29, 1.82) is 0 Å². The molecule has 0 aliphatic rings. The molecule has 0 radical (unpaired) electrons. The summed E-state index contributed by atoms with van der Waals surface area (Å²) in [7, 11) is 1.48. The second kappa shape index (κ2) is 7.83. The van der Waals surface area contributed by atoms with Crippen LogP contribution in [-0.2, 0) is 6.42 Å². The Morgan fingerprint density at radius 1 is 1.08 bits per heavy atom. The summed E-state index contributed by atoms with van der Waals surface area (Å²) >= 11 is 0. The van der Waals surface area contributed by atoms with Crippen molar-refractivity contribution in [2.24, 2.45) is 0 Å². The molecule has 0 aliphatic heterocycles. The van der Waals surface area contributed by atoms with Gasteiger partial charge in [0, 0.05) is 5.56 Å². The van der Waals surface area contributed by atoms with E-state index in [0.717, 1.165) is 0 Å². The van der Waals surface area contributed by atoms with Crippen molar-refractivity contribution in [1.82, 2.24) is 10.9 Å². The number of nitrogens with one attached hydrogen (secondary N) is 2. The Bertz CT molecular complexity index is 658. The molecule has 0 aliphatic carbocycles. The lowest BCUT2D eigenvalue weighted by atomic mass is 10.1. The van der Waals surface area contributed by atoms with Crippen molar-refractivity contribution in [3.05, 3.63) is 65.7 Å². The quantitative estimate of drug-likeness (QED) is 0.796. The highest BCUT2D eigenvalue weighted by Crippen LogP contribution is 2.23. The summed E-state index contributed by atoms with van der Waals surface area (Å²) in [4.78, 5) is 11.9. The molecule has 0 fully saturated rings. The minimum Gasteiger partial charge on any atom is -0.497 e. The van der Waals surface area contributed by atoms with Gasteiger partial charge >= 0.3 is 6.18 Å². The Kier molecular flexibility index (Phi) is 5.81. The number of hydrogen-bond donors (Lipinski definition) is 2. The van der Waals surface area contributed by atoms with Crippen molar-refractivity contribution in [2.75, 3.05) is 7.11 Å². The topological polar surface area (TPSA) is 50.4 Å². The molecule has 0 saturated heterocycles. The van der Waals surface area contributed by atoms with Crippen LogP contribution in [-0.4, -0.2) is 25.2 Å². The first-order valence-electron chi connectivity index (χ1n) is 7.20. The van der Waals surface area contributed by atoms with E-state index in [1.165, 1.54) is 19.2 Å². The number of ether oxygens (including phenoxy) is 1. The van der Waals surface area contributed by atoms with Gasteiger partial charge in [0.25, 0.3) is 5.91 Å². The molecule has 0 spiro atoms. The summed E-state index contributed by atoms with van der Waals surface area (Å²) in [6.07, 6.45) is -4.83. The van der Waals surface area contributed by atoms with E-state index < -0.39 is 18.1 Å². The molecule has 2 rings (SSSR count). The van der Waals surface area contributed by atoms with E-state index in [1.807, 2.05) is 0 Å². The van der Waals surface area contributed by atoms with E-state index in [4.69, 9.17) is 4.74 Å². The van der Waals surface area contributed by atoms with Crippen LogP contribution in [0, 0.1) is 0 Å². The molecule has 2 N–H and O–H groups in total. The number of carbonyl (C=O) groups excluding carboxylic acids is 1. The maximum Gasteiger partial charge on any atom is 0.405 e. The number of carbonyl (C=O) groups is 1. The lowest BCUT2D eigenvalue weighted by Crippen LogP contribution is -2.52.